The first-order valence-electron chi connectivity index (χ1n) is 7.47. The Kier molecular flexibility index (Phi) is 6.21. The summed E-state index contributed by atoms with van der Waals surface area (Å²) in [5.41, 5.74) is 8.23. The summed E-state index contributed by atoms with van der Waals surface area (Å²) >= 11 is 18.2. The molecule has 0 bridgehead atoms. The number of carbonyl (C=O) groups excluding carboxylic acids is 1. The van der Waals surface area contributed by atoms with Crippen molar-refractivity contribution < 1.29 is 4.79 Å². The van der Waals surface area contributed by atoms with Crippen molar-refractivity contribution in [3.63, 3.8) is 0 Å². The smallest absolute Gasteiger partial charge is 0.257 e. The number of nitrogens with one attached hydrogen (secondary N) is 1. The fourth-order valence-corrected chi connectivity index (χ4v) is 3.09. The molecule has 0 saturated carbocycles. The summed E-state index contributed by atoms with van der Waals surface area (Å²) in [5, 5.41) is 3.88. The number of anilines is 3. The summed E-state index contributed by atoms with van der Waals surface area (Å²) in [6.45, 7) is 5.64. The second-order valence-corrected chi connectivity index (χ2v) is 6.39. The molecule has 0 spiro atoms. The first-order valence-corrected chi connectivity index (χ1v) is 8.61. The number of hydrogen-bond donors (Lipinski definition) is 2. The molecule has 0 aliphatic carbocycles. The van der Waals surface area contributed by atoms with Gasteiger partial charge in [-0.15, -0.1) is 0 Å². The average Bonchev–Trinajstić information content (AvgIpc) is 2.52. The lowest BCUT2D eigenvalue weighted by Crippen LogP contribution is -2.23. The van der Waals surface area contributed by atoms with Crippen LogP contribution in [0.15, 0.2) is 30.3 Å². The fraction of sp³-hybridized carbons (Fsp3) is 0.235. The van der Waals surface area contributed by atoms with Crippen LogP contribution in [0.5, 0.6) is 0 Å². The van der Waals surface area contributed by atoms with E-state index in [1.165, 1.54) is 6.07 Å². The van der Waals surface area contributed by atoms with E-state index in [0.29, 0.717) is 27.0 Å². The quantitative estimate of drug-likeness (QED) is 0.683. The van der Waals surface area contributed by atoms with Crippen molar-refractivity contribution in [1.29, 1.82) is 0 Å². The van der Waals surface area contributed by atoms with Gasteiger partial charge in [-0.05, 0) is 44.2 Å². The molecule has 2 aromatic carbocycles. The molecule has 0 heterocycles. The van der Waals surface area contributed by atoms with Crippen molar-refractivity contribution in [1.82, 2.24) is 0 Å². The van der Waals surface area contributed by atoms with Crippen LogP contribution in [0, 0.1) is 0 Å². The van der Waals surface area contributed by atoms with Gasteiger partial charge in [-0.2, -0.15) is 0 Å². The van der Waals surface area contributed by atoms with Crippen LogP contribution >= 0.6 is 34.8 Å². The van der Waals surface area contributed by atoms with Gasteiger partial charge in [-0.1, -0.05) is 34.8 Å². The number of rotatable bonds is 5. The molecule has 0 atom stereocenters. The van der Waals surface area contributed by atoms with E-state index in [9.17, 15) is 4.79 Å². The summed E-state index contributed by atoms with van der Waals surface area (Å²) < 4.78 is 0. The van der Waals surface area contributed by atoms with Gasteiger partial charge in [-0.3, -0.25) is 4.79 Å². The van der Waals surface area contributed by atoms with Crippen LogP contribution in [0.1, 0.15) is 24.2 Å². The largest absolute Gasteiger partial charge is 0.397 e. The van der Waals surface area contributed by atoms with Gasteiger partial charge in [0.1, 0.15) is 0 Å². The van der Waals surface area contributed by atoms with E-state index < -0.39 is 0 Å². The molecule has 0 aromatic heterocycles. The zero-order valence-corrected chi connectivity index (χ0v) is 15.6. The van der Waals surface area contributed by atoms with E-state index in [2.05, 4.69) is 10.2 Å². The number of nitrogen functional groups attached to an aromatic ring is 1. The zero-order valence-electron chi connectivity index (χ0n) is 13.4. The number of hydrogen-bond acceptors (Lipinski definition) is 3. The summed E-state index contributed by atoms with van der Waals surface area (Å²) in [6.07, 6.45) is 0. The van der Waals surface area contributed by atoms with Gasteiger partial charge in [0.25, 0.3) is 5.91 Å². The van der Waals surface area contributed by atoms with Crippen molar-refractivity contribution in [3.8, 4) is 0 Å². The van der Waals surface area contributed by atoms with Gasteiger partial charge in [0.05, 0.1) is 32.7 Å². The summed E-state index contributed by atoms with van der Waals surface area (Å²) in [7, 11) is 0. The molecule has 4 nitrogen and oxygen atoms in total. The van der Waals surface area contributed by atoms with Crippen molar-refractivity contribution in [2.24, 2.45) is 0 Å². The van der Waals surface area contributed by atoms with Crippen molar-refractivity contribution in [2.45, 2.75) is 13.8 Å². The lowest BCUT2D eigenvalue weighted by Gasteiger charge is -2.24. The molecular formula is C17H18Cl3N3O. The SMILES string of the molecule is CCN(CC)c1cc(NC(=O)c2ccc(Cl)cc2Cl)c(Cl)cc1N. The maximum Gasteiger partial charge on any atom is 0.257 e. The van der Waals surface area contributed by atoms with Gasteiger partial charge in [0, 0.05) is 18.1 Å². The van der Waals surface area contributed by atoms with Gasteiger partial charge < -0.3 is 16.0 Å². The highest BCUT2D eigenvalue weighted by Gasteiger charge is 2.16. The maximum atomic E-state index is 12.5. The molecule has 3 N–H and O–H groups in total. The molecule has 0 radical (unpaired) electrons. The molecule has 2 aromatic rings. The molecule has 1 amide bonds. The number of halogens is 3. The van der Waals surface area contributed by atoms with E-state index in [0.717, 1.165) is 18.8 Å². The standard InChI is InChI=1S/C17H18Cl3N3O/c1-3-23(4-2)16-9-15(13(20)8-14(16)21)22-17(24)11-6-5-10(18)7-12(11)19/h5-9H,3-4,21H2,1-2H3,(H,22,24). The predicted molar refractivity (Wildman–Crippen MR) is 104 cm³/mol. The van der Waals surface area contributed by atoms with Crippen molar-refractivity contribution in [2.75, 3.05) is 29.0 Å². The minimum Gasteiger partial charge on any atom is -0.397 e. The first kappa shape index (κ1) is 18.7. The van der Waals surface area contributed by atoms with Gasteiger partial charge in [0.15, 0.2) is 0 Å². The van der Waals surface area contributed by atoms with E-state index >= 15 is 0 Å². The molecule has 7 heteroatoms. The number of benzene rings is 2. The van der Waals surface area contributed by atoms with Crippen LogP contribution < -0.4 is 16.0 Å². The molecular weight excluding hydrogens is 369 g/mol. The molecule has 0 unspecified atom stereocenters. The minimum absolute atomic E-state index is 0.274. The number of nitrogens with zero attached hydrogens (tertiary/aromatic N) is 1. The van der Waals surface area contributed by atoms with Crippen molar-refractivity contribution >= 4 is 57.8 Å². The van der Waals surface area contributed by atoms with E-state index in [4.69, 9.17) is 40.5 Å². The minimum atomic E-state index is -0.367. The Labute approximate surface area is 156 Å². The lowest BCUT2D eigenvalue weighted by atomic mass is 10.2. The normalized spacial score (nSPS) is 10.5. The molecule has 0 aliphatic heterocycles. The highest BCUT2D eigenvalue weighted by Crippen LogP contribution is 2.34. The highest BCUT2D eigenvalue weighted by atomic mass is 35.5. The van der Waals surface area contributed by atoms with E-state index in [-0.39, 0.29) is 10.9 Å². The molecule has 0 aliphatic rings. The number of carbonyl (C=O) groups is 1. The Morgan fingerprint density at radius 3 is 2.33 bits per heavy atom. The topological polar surface area (TPSA) is 58.4 Å². The molecule has 0 fully saturated rings. The van der Waals surface area contributed by atoms with Crippen LogP contribution in [-0.4, -0.2) is 19.0 Å². The van der Waals surface area contributed by atoms with Gasteiger partial charge in [0.2, 0.25) is 0 Å². The average molecular weight is 387 g/mol. The van der Waals surface area contributed by atoms with Crippen LogP contribution in [0.4, 0.5) is 17.1 Å². The van der Waals surface area contributed by atoms with E-state index in [1.54, 1.807) is 24.3 Å². The Hall–Kier alpha value is -1.62. The lowest BCUT2D eigenvalue weighted by molar-refractivity contribution is 0.102. The second-order valence-electron chi connectivity index (χ2n) is 5.14. The molecule has 128 valence electrons. The Morgan fingerprint density at radius 1 is 1.08 bits per heavy atom. The second kappa shape index (κ2) is 7.97. The third kappa shape index (κ3) is 4.07. The summed E-state index contributed by atoms with van der Waals surface area (Å²) in [5.74, 6) is -0.367. The molecule has 24 heavy (non-hydrogen) atoms. The summed E-state index contributed by atoms with van der Waals surface area (Å²) in [6, 6.07) is 8.09. The number of nitrogens with two attached hydrogens (primary N) is 1. The van der Waals surface area contributed by atoms with E-state index in [1.807, 2.05) is 13.8 Å². The Morgan fingerprint density at radius 2 is 1.75 bits per heavy atom. The van der Waals surface area contributed by atoms with Crippen LogP contribution in [0.2, 0.25) is 15.1 Å². The number of amides is 1. The Balaban J connectivity index is 2.35. The third-order valence-electron chi connectivity index (χ3n) is 3.64. The maximum absolute atomic E-state index is 12.5. The Bertz CT molecular complexity index is 761. The molecule has 0 saturated heterocycles. The zero-order chi connectivity index (χ0) is 17.9. The monoisotopic (exact) mass is 385 g/mol. The van der Waals surface area contributed by atoms with Crippen molar-refractivity contribution in [3.05, 3.63) is 51.0 Å². The first-order chi connectivity index (χ1) is 11.4. The van der Waals surface area contributed by atoms with Gasteiger partial charge >= 0.3 is 0 Å². The van der Waals surface area contributed by atoms with Gasteiger partial charge in [-0.25, -0.2) is 0 Å². The fourth-order valence-electron chi connectivity index (χ4n) is 2.37. The summed E-state index contributed by atoms with van der Waals surface area (Å²) in [4.78, 5) is 14.5. The van der Waals surface area contributed by atoms with Crippen LogP contribution in [0.25, 0.3) is 0 Å². The predicted octanol–water partition coefficient (Wildman–Crippen LogP) is 5.33. The third-order valence-corrected chi connectivity index (χ3v) is 4.50. The van der Waals surface area contributed by atoms with Crippen LogP contribution in [0.3, 0.4) is 0 Å². The van der Waals surface area contributed by atoms with Crippen LogP contribution in [-0.2, 0) is 0 Å². The molecule has 2 rings (SSSR count). The highest BCUT2D eigenvalue weighted by molar-refractivity contribution is 6.38.